The van der Waals surface area contributed by atoms with Crippen molar-refractivity contribution >= 4 is 29.9 Å². The summed E-state index contributed by atoms with van der Waals surface area (Å²) < 4.78 is 0. The third-order valence-corrected chi connectivity index (χ3v) is 3.74. The van der Waals surface area contributed by atoms with Gasteiger partial charge in [-0.2, -0.15) is 0 Å². The molecule has 1 rings (SSSR count). The van der Waals surface area contributed by atoms with Gasteiger partial charge in [-0.05, 0) is 32.5 Å². The van der Waals surface area contributed by atoms with Crippen LogP contribution in [0.3, 0.4) is 0 Å². The number of aliphatic imine (C=N–C) groups is 1. The Bertz CT molecular complexity index is 459. The Kier molecular flexibility index (Phi) is 11.8. The summed E-state index contributed by atoms with van der Waals surface area (Å²) in [4.78, 5) is 8.78. The first kappa shape index (κ1) is 21.9. The second kappa shape index (κ2) is 12.4. The minimum atomic E-state index is 0. The number of benzene rings is 1. The zero-order valence-corrected chi connectivity index (χ0v) is 17.2. The molecule has 0 spiro atoms. The summed E-state index contributed by atoms with van der Waals surface area (Å²) in [6.45, 7) is 5.57. The van der Waals surface area contributed by atoms with Crippen LogP contribution < -0.4 is 5.32 Å². The van der Waals surface area contributed by atoms with Crippen molar-refractivity contribution < 1.29 is 0 Å². The Morgan fingerprint density at radius 1 is 1.26 bits per heavy atom. The standard InChI is InChI=1S/C18H30N4.HI/c1-6-7-11-14-22(5)18(19-2)20-15-17(21(3)4)16-12-9-8-10-13-16;/h6,8-10,12-13,17H,1,7,11,14-15H2,2-5H3,(H,19,20);1H. The molecule has 0 bridgehead atoms. The van der Waals surface area contributed by atoms with Crippen molar-refractivity contribution in [2.75, 3.05) is 41.3 Å². The zero-order chi connectivity index (χ0) is 16.4. The number of hydrogen-bond donors (Lipinski definition) is 1. The van der Waals surface area contributed by atoms with E-state index in [4.69, 9.17) is 0 Å². The number of hydrogen-bond acceptors (Lipinski definition) is 2. The number of allylic oxidation sites excluding steroid dienone is 1. The average molecular weight is 430 g/mol. The fourth-order valence-electron chi connectivity index (χ4n) is 2.43. The van der Waals surface area contributed by atoms with Gasteiger partial charge in [0, 0.05) is 27.2 Å². The molecule has 5 heteroatoms. The van der Waals surface area contributed by atoms with Crippen LogP contribution in [-0.4, -0.2) is 57.0 Å². The number of rotatable bonds is 8. The minimum Gasteiger partial charge on any atom is -0.354 e. The summed E-state index contributed by atoms with van der Waals surface area (Å²) in [5.41, 5.74) is 1.31. The van der Waals surface area contributed by atoms with Crippen molar-refractivity contribution in [3.63, 3.8) is 0 Å². The molecule has 1 atom stereocenters. The molecule has 0 aliphatic carbocycles. The smallest absolute Gasteiger partial charge is 0.193 e. The quantitative estimate of drug-likeness (QED) is 0.226. The summed E-state index contributed by atoms with van der Waals surface area (Å²) in [5, 5.41) is 3.48. The molecule has 0 heterocycles. The highest BCUT2D eigenvalue weighted by molar-refractivity contribution is 14.0. The van der Waals surface area contributed by atoms with Gasteiger partial charge in [0.15, 0.2) is 5.96 Å². The largest absolute Gasteiger partial charge is 0.354 e. The molecule has 0 amide bonds. The van der Waals surface area contributed by atoms with Gasteiger partial charge in [0.2, 0.25) is 0 Å². The van der Waals surface area contributed by atoms with Gasteiger partial charge in [-0.1, -0.05) is 36.4 Å². The van der Waals surface area contributed by atoms with Crippen molar-refractivity contribution in [3.05, 3.63) is 48.6 Å². The summed E-state index contributed by atoms with van der Waals surface area (Å²) >= 11 is 0. The number of nitrogens with zero attached hydrogens (tertiary/aromatic N) is 3. The van der Waals surface area contributed by atoms with Crippen LogP contribution in [0.5, 0.6) is 0 Å². The van der Waals surface area contributed by atoms with E-state index in [1.807, 2.05) is 13.1 Å². The maximum Gasteiger partial charge on any atom is 0.193 e. The number of guanidine groups is 1. The highest BCUT2D eigenvalue weighted by Gasteiger charge is 2.15. The monoisotopic (exact) mass is 430 g/mol. The number of halogens is 1. The van der Waals surface area contributed by atoms with E-state index in [1.165, 1.54) is 5.56 Å². The fourth-order valence-corrected chi connectivity index (χ4v) is 2.43. The molecular weight excluding hydrogens is 399 g/mol. The second-order valence-electron chi connectivity index (χ2n) is 5.67. The van der Waals surface area contributed by atoms with E-state index in [2.05, 4.69) is 78.2 Å². The molecule has 0 aromatic heterocycles. The van der Waals surface area contributed by atoms with Crippen molar-refractivity contribution in [1.29, 1.82) is 0 Å². The summed E-state index contributed by atoms with van der Waals surface area (Å²) in [7, 11) is 8.12. The first-order valence-corrected chi connectivity index (χ1v) is 7.84. The van der Waals surface area contributed by atoms with Crippen molar-refractivity contribution in [2.45, 2.75) is 18.9 Å². The molecule has 0 saturated heterocycles. The number of unbranched alkanes of at least 4 members (excludes halogenated alkanes) is 1. The van der Waals surface area contributed by atoms with E-state index >= 15 is 0 Å². The molecule has 130 valence electrons. The van der Waals surface area contributed by atoms with E-state index in [1.54, 1.807) is 0 Å². The van der Waals surface area contributed by atoms with E-state index in [9.17, 15) is 0 Å². The van der Waals surface area contributed by atoms with Gasteiger partial charge in [-0.3, -0.25) is 4.99 Å². The second-order valence-corrected chi connectivity index (χ2v) is 5.67. The predicted octanol–water partition coefficient (Wildman–Crippen LogP) is 3.38. The van der Waals surface area contributed by atoms with Gasteiger partial charge in [-0.25, -0.2) is 0 Å². The number of likely N-dealkylation sites (N-methyl/N-ethyl adjacent to an activating group) is 1. The molecule has 4 nitrogen and oxygen atoms in total. The lowest BCUT2D eigenvalue weighted by Crippen LogP contribution is -2.43. The lowest BCUT2D eigenvalue weighted by molar-refractivity contribution is 0.295. The fraction of sp³-hybridized carbons (Fsp3) is 0.500. The Morgan fingerprint density at radius 3 is 2.43 bits per heavy atom. The Morgan fingerprint density at radius 2 is 1.91 bits per heavy atom. The molecule has 0 radical (unpaired) electrons. The highest BCUT2D eigenvalue weighted by atomic mass is 127. The van der Waals surface area contributed by atoms with Crippen LogP contribution in [0.2, 0.25) is 0 Å². The summed E-state index contributed by atoms with van der Waals surface area (Å²) in [5.74, 6) is 0.937. The van der Waals surface area contributed by atoms with E-state index in [-0.39, 0.29) is 24.0 Å². The van der Waals surface area contributed by atoms with Crippen LogP contribution in [0.4, 0.5) is 0 Å². The average Bonchev–Trinajstić information content (AvgIpc) is 2.52. The van der Waals surface area contributed by atoms with Gasteiger partial charge < -0.3 is 15.1 Å². The molecule has 1 unspecified atom stereocenters. The predicted molar refractivity (Wildman–Crippen MR) is 112 cm³/mol. The Balaban J connectivity index is 0.00000484. The molecule has 1 N–H and O–H groups in total. The van der Waals surface area contributed by atoms with Gasteiger partial charge >= 0.3 is 0 Å². The first-order valence-electron chi connectivity index (χ1n) is 7.84. The minimum absolute atomic E-state index is 0. The molecule has 0 aliphatic heterocycles. The SMILES string of the molecule is C=CCCCN(C)C(=NC)NCC(c1ccccc1)N(C)C.I. The molecular formula is C18H31IN4. The third-order valence-electron chi connectivity index (χ3n) is 3.74. The molecule has 1 aromatic rings. The van der Waals surface area contributed by atoms with E-state index in [0.29, 0.717) is 6.04 Å². The normalized spacial score (nSPS) is 12.5. The van der Waals surface area contributed by atoms with Crippen LogP contribution >= 0.6 is 24.0 Å². The Labute approximate surface area is 158 Å². The first-order chi connectivity index (χ1) is 10.6. The molecule has 0 fully saturated rings. The van der Waals surface area contributed by atoms with Gasteiger partial charge in [-0.15, -0.1) is 30.6 Å². The van der Waals surface area contributed by atoms with Crippen LogP contribution in [0.25, 0.3) is 0 Å². The van der Waals surface area contributed by atoms with Gasteiger partial charge in [0.25, 0.3) is 0 Å². The lowest BCUT2D eigenvalue weighted by Gasteiger charge is -2.28. The topological polar surface area (TPSA) is 30.9 Å². The molecule has 23 heavy (non-hydrogen) atoms. The summed E-state index contributed by atoms with van der Waals surface area (Å²) in [6, 6.07) is 10.9. The van der Waals surface area contributed by atoms with Crippen LogP contribution in [0, 0.1) is 0 Å². The third kappa shape index (κ3) is 7.83. The molecule has 0 aliphatic rings. The molecule has 0 saturated carbocycles. The Hall–Kier alpha value is -1.08. The van der Waals surface area contributed by atoms with Gasteiger partial charge in [0.1, 0.15) is 0 Å². The maximum absolute atomic E-state index is 4.38. The number of nitrogens with one attached hydrogen (secondary N) is 1. The summed E-state index contributed by atoms with van der Waals surface area (Å²) in [6.07, 6.45) is 4.09. The lowest BCUT2D eigenvalue weighted by atomic mass is 10.1. The highest BCUT2D eigenvalue weighted by Crippen LogP contribution is 2.16. The van der Waals surface area contributed by atoms with Crippen LogP contribution in [0.1, 0.15) is 24.4 Å². The van der Waals surface area contributed by atoms with Crippen molar-refractivity contribution in [2.24, 2.45) is 4.99 Å². The maximum atomic E-state index is 4.38. The zero-order valence-electron chi connectivity index (χ0n) is 14.8. The van der Waals surface area contributed by atoms with Crippen LogP contribution in [-0.2, 0) is 0 Å². The van der Waals surface area contributed by atoms with Crippen LogP contribution in [0.15, 0.2) is 48.0 Å². The molecule has 1 aromatic carbocycles. The van der Waals surface area contributed by atoms with Gasteiger partial charge in [0.05, 0.1) is 6.04 Å². The van der Waals surface area contributed by atoms with Crippen molar-refractivity contribution in [3.8, 4) is 0 Å². The van der Waals surface area contributed by atoms with E-state index in [0.717, 1.165) is 31.9 Å². The van der Waals surface area contributed by atoms with E-state index < -0.39 is 0 Å². The van der Waals surface area contributed by atoms with Crippen molar-refractivity contribution in [1.82, 2.24) is 15.1 Å².